The number of ether oxygens (including phenoxy) is 1. The van der Waals surface area contributed by atoms with Crippen molar-refractivity contribution in [3.63, 3.8) is 0 Å². The van der Waals surface area contributed by atoms with Crippen LogP contribution in [0.15, 0.2) is 24.3 Å². The van der Waals surface area contributed by atoms with Gasteiger partial charge in [0.1, 0.15) is 11.6 Å². The third-order valence-electron chi connectivity index (χ3n) is 3.03. The Hall–Kier alpha value is -1.62. The first-order valence-electron chi connectivity index (χ1n) is 7.72. The van der Waals surface area contributed by atoms with Gasteiger partial charge >= 0.3 is 0 Å². The smallest absolute Gasteiger partial charge is 0.234 e. The monoisotopic (exact) mass is 310 g/mol. The minimum Gasteiger partial charge on any atom is -0.494 e. The lowest BCUT2D eigenvalue weighted by molar-refractivity contribution is -0.123. The van der Waals surface area contributed by atoms with Crippen molar-refractivity contribution >= 4 is 5.91 Å². The first-order chi connectivity index (χ1) is 10.3. The van der Waals surface area contributed by atoms with Crippen LogP contribution in [-0.2, 0) is 4.79 Å². The third-order valence-corrected chi connectivity index (χ3v) is 3.03. The molecule has 0 saturated carbocycles. The van der Waals surface area contributed by atoms with Gasteiger partial charge in [0.15, 0.2) is 0 Å². The van der Waals surface area contributed by atoms with Crippen molar-refractivity contribution in [1.82, 2.24) is 10.2 Å². The molecule has 0 aliphatic rings. The van der Waals surface area contributed by atoms with Crippen LogP contribution in [0.3, 0.4) is 0 Å². The van der Waals surface area contributed by atoms with Gasteiger partial charge in [-0.2, -0.15) is 0 Å². The average Bonchev–Trinajstić information content (AvgIpc) is 2.42. The van der Waals surface area contributed by atoms with Gasteiger partial charge in [-0.05, 0) is 58.0 Å². The highest BCUT2D eigenvalue weighted by molar-refractivity contribution is 5.78. The number of nitrogens with zero attached hydrogens (tertiary/aromatic N) is 1. The number of amides is 1. The molecule has 0 aliphatic heterocycles. The second-order valence-electron chi connectivity index (χ2n) is 6.32. The molecule has 1 amide bonds. The molecule has 0 atom stereocenters. The summed E-state index contributed by atoms with van der Waals surface area (Å²) in [4.78, 5) is 14.0. The van der Waals surface area contributed by atoms with Gasteiger partial charge in [-0.3, -0.25) is 9.69 Å². The molecule has 0 bridgehead atoms. The largest absolute Gasteiger partial charge is 0.494 e. The Bertz CT molecular complexity index is 455. The predicted octanol–water partition coefficient (Wildman–Crippen LogP) is 2.83. The normalized spacial score (nSPS) is 11.5. The van der Waals surface area contributed by atoms with E-state index < -0.39 is 0 Å². The zero-order valence-electron chi connectivity index (χ0n) is 14.0. The number of benzene rings is 1. The van der Waals surface area contributed by atoms with Crippen LogP contribution in [0.5, 0.6) is 5.75 Å². The van der Waals surface area contributed by atoms with E-state index in [-0.39, 0.29) is 17.3 Å². The molecule has 0 heterocycles. The summed E-state index contributed by atoms with van der Waals surface area (Å²) >= 11 is 0. The number of carbonyl (C=O) groups excluding carboxylic acids is 1. The first kappa shape index (κ1) is 18.4. The summed E-state index contributed by atoms with van der Waals surface area (Å²) in [6.45, 7) is 10.5. The molecular formula is C17H27FN2O2. The highest BCUT2D eigenvalue weighted by atomic mass is 19.1. The predicted molar refractivity (Wildman–Crippen MR) is 86.5 cm³/mol. The van der Waals surface area contributed by atoms with Crippen LogP contribution in [-0.4, -0.2) is 42.6 Å². The quantitative estimate of drug-likeness (QED) is 0.751. The number of halogens is 1. The van der Waals surface area contributed by atoms with E-state index in [2.05, 4.69) is 10.2 Å². The zero-order chi connectivity index (χ0) is 16.6. The van der Waals surface area contributed by atoms with Gasteiger partial charge in [0.2, 0.25) is 5.91 Å². The van der Waals surface area contributed by atoms with Crippen LogP contribution in [0.25, 0.3) is 0 Å². The lowest BCUT2D eigenvalue weighted by Gasteiger charge is -2.24. The van der Waals surface area contributed by atoms with Crippen molar-refractivity contribution in [2.24, 2.45) is 0 Å². The van der Waals surface area contributed by atoms with E-state index in [1.807, 2.05) is 27.7 Å². The minimum atomic E-state index is -0.269. The molecule has 0 spiro atoms. The Morgan fingerprint density at radius 3 is 2.45 bits per heavy atom. The zero-order valence-corrected chi connectivity index (χ0v) is 14.0. The number of nitrogens with one attached hydrogen (secondary N) is 1. The molecule has 1 aromatic rings. The molecule has 1 aromatic carbocycles. The molecule has 5 heteroatoms. The summed E-state index contributed by atoms with van der Waals surface area (Å²) in [6, 6.07) is 5.99. The summed E-state index contributed by atoms with van der Waals surface area (Å²) in [5.74, 6) is 0.429. The van der Waals surface area contributed by atoms with Crippen LogP contribution in [0.1, 0.15) is 34.1 Å². The highest BCUT2D eigenvalue weighted by Gasteiger charge is 2.15. The van der Waals surface area contributed by atoms with E-state index in [4.69, 9.17) is 4.74 Å². The lowest BCUT2D eigenvalue weighted by Crippen LogP contribution is -2.46. The molecule has 1 N–H and O–H groups in total. The summed E-state index contributed by atoms with van der Waals surface area (Å²) in [5.41, 5.74) is -0.206. The van der Waals surface area contributed by atoms with Crippen molar-refractivity contribution in [3.8, 4) is 5.75 Å². The number of hydrogen-bond acceptors (Lipinski definition) is 3. The van der Waals surface area contributed by atoms with Gasteiger partial charge in [-0.1, -0.05) is 6.92 Å². The number of likely N-dealkylation sites (N-methyl/N-ethyl adjacent to an activating group) is 1. The summed E-state index contributed by atoms with van der Waals surface area (Å²) in [7, 11) is 0. The molecule has 1 rings (SSSR count). The summed E-state index contributed by atoms with van der Waals surface area (Å²) in [5, 5.41) is 2.96. The molecule has 0 saturated heterocycles. The van der Waals surface area contributed by atoms with Crippen LogP contribution in [0.2, 0.25) is 0 Å². The van der Waals surface area contributed by atoms with Crippen molar-refractivity contribution in [2.75, 3.05) is 26.2 Å². The van der Waals surface area contributed by atoms with Crippen molar-refractivity contribution in [3.05, 3.63) is 30.1 Å². The molecule has 4 nitrogen and oxygen atoms in total. The van der Waals surface area contributed by atoms with E-state index in [1.165, 1.54) is 12.1 Å². The molecule has 124 valence electrons. The van der Waals surface area contributed by atoms with E-state index in [0.29, 0.717) is 18.9 Å². The van der Waals surface area contributed by atoms with Gasteiger partial charge in [0.25, 0.3) is 0 Å². The highest BCUT2D eigenvalue weighted by Crippen LogP contribution is 2.11. The second-order valence-corrected chi connectivity index (χ2v) is 6.32. The Balaban J connectivity index is 2.26. The second kappa shape index (κ2) is 8.73. The molecule has 0 aromatic heterocycles. The fourth-order valence-electron chi connectivity index (χ4n) is 2.02. The lowest BCUT2D eigenvalue weighted by atomic mass is 10.1. The van der Waals surface area contributed by atoms with Gasteiger partial charge < -0.3 is 10.1 Å². The van der Waals surface area contributed by atoms with Crippen molar-refractivity contribution < 1.29 is 13.9 Å². The Kier molecular flexibility index (Phi) is 7.32. The summed E-state index contributed by atoms with van der Waals surface area (Å²) in [6.07, 6.45) is 0.814. The van der Waals surface area contributed by atoms with Crippen LogP contribution in [0, 0.1) is 5.82 Å². The van der Waals surface area contributed by atoms with E-state index in [9.17, 15) is 9.18 Å². The first-order valence-corrected chi connectivity index (χ1v) is 7.72. The molecular weight excluding hydrogens is 283 g/mol. The third kappa shape index (κ3) is 7.98. The fraction of sp³-hybridized carbons (Fsp3) is 0.588. The van der Waals surface area contributed by atoms with E-state index >= 15 is 0 Å². The van der Waals surface area contributed by atoms with Crippen LogP contribution in [0.4, 0.5) is 4.39 Å². The SMILES string of the molecule is CCN(CCCOc1ccc(F)cc1)CC(=O)NC(C)(C)C. The number of rotatable bonds is 8. The van der Waals surface area contributed by atoms with Crippen molar-refractivity contribution in [1.29, 1.82) is 0 Å². The van der Waals surface area contributed by atoms with Gasteiger partial charge in [0.05, 0.1) is 13.2 Å². The van der Waals surface area contributed by atoms with Gasteiger partial charge in [-0.25, -0.2) is 4.39 Å². The van der Waals surface area contributed by atoms with Gasteiger partial charge in [0, 0.05) is 12.1 Å². The Morgan fingerprint density at radius 1 is 1.27 bits per heavy atom. The maximum Gasteiger partial charge on any atom is 0.234 e. The fourth-order valence-corrected chi connectivity index (χ4v) is 2.02. The van der Waals surface area contributed by atoms with Gasteiger partial charge in [-0.15, -0.1) is 0 Å². The standard InChI is InChI=1S/C17H27FN2O2/c1-5-20(13-16(21)19-17(2,3)4)11-6-12-22-15-9-7-14(18)8-10-15/h7-10H,5-6,11-13H2,1-4H3,(H,19,21). The molecule has 0 aliphatic carbocycles. The summed E-state index contributed by atoms with van der Waals surface area (Å²) < 4.78 is 18.3. The van der Waals surface area contributed by atoms with Crippen LogP contribution < -0.4 is 10.1 Å². The molecule has 0 unspecified atom stereocenters. The molecule has 22 heavy (non-hydrogen) atoms. The Labute approximate surface area is 132 Å². The molecule has 0 radical (unpaired) electrons. The van der Waals surface area contributed by atoms with Crippen molar-refractivity contribution in [2.45, 2.75) is 39.7 Å². The van der Waals surface area contributed by atoms with E-state index in [0.717, 1.165) is 19.5 Å². The minimum absolute atomic E-state index is 0.0359. The van der Waals surface area contributed by atoms with Crippen LogP contribution >= 0.6 is 0 Å². The number of hydrogen-bond donors (Lipinski definition) is 1. The maximum absolute atomic E-state index is 12.8. The topological polar surface area (TPSA) is 41.6 Å². The van der Waals surface area contributed by atoms with E-state index in [1.54, 1.807) is 12.1 Å². The Morgan fingerprint density at radius 2 is 1.91 bits per heavy atom. The molecule has 0 fully saturated rings. The maximum atomic E-state index is 12.8. The average molecular weight is 310 g/mol. The number of carbonyl (C=O) groups is 1.